The molecule has 1 unspecified atom stereocenters. The molecule has 4 rings (SSSR count). The maximum Gasteiger partial charge on any atom is 0.258 e. The Morgan fingerprint density at radius 1 is 1.26 bits per heavy atom. The minimum atomic E-state index is -1.19. The number of nitrogens with one attached hydrogen (secondary N) is 1. The summed E-state index contributed by atoms with van der Waals surface area (Å²) >= 11 is 5.98. The van der Waals surface area contributed by atoms with Gasteiger partial charge in [0.1, 0.15) is 5.82 Å². The molecule has 3 aromatic rings. The highest BCUT2D eigenvalue weighted by Gasteiger charge is 2.34. The number of aromatic nitrogens is 3. The molecule has 31 heavy (non-hydrogen) atoms. The molecule has 8 nitrogen and oxygen atoms in total. The van der Waals surface area contributed by atoms with Crippen molar-refractivity contribution in [2.45, 2.75) is 18.8 Å². The highest BCUT2D eigenvalue weighted by atomic mass is 35.5. The van der Waals surface area contributed by atoms with Crippen LogP contribution in [0.3, 0.4) is 0 Å². The summed E-state index contributed by atoms with van der Waals surface area (Å²) < 4.78 is 0. The van der Waals surface area contributed by atoms with Crippen molar-refractivity contribution in [3.05, 3.63) is 69.5 Å². The van der Waals surface area contributed by atoms with Crippen LogP contribution in [-0.2, 0) is 4.79 Å². The zero-order chi connectivity index (χ0) is 22.0. The van der Waals surface area contributed by atoms with Crippen LogP contribution in [0, 0.1) is 17.2 Å². The number of likely N-dealkylation sites (tertiary alicyclic amines) is 1. The number of ketones is 1. The SMILES string of the molecule is N#CC(C(=O)C1CCN(C(=O)c2cccnc2)CC1)c1nc2cc(Cl)ccc2c(=O)[nH]1. The van der Waals surface area contributed by atoms with Crippen molar-refractivity contribution in [3.8, 4) is 6.07 Å². The molecule has 156 valence electrons. The average Bonchev–Trinajstić information content (AvgIpc) is 2.79. The van der Waals surface area contributed by atoms with Gasteiger partial charge in [0, 0.05) is 36.4 Å². The number of halogens is 1. The molecule has 2 aromatic heterocycles. The monoisotopic (exact) mass is 435 g/mol. The number of piperidine rings is 1. The first-order valence-corrected chi connectivity index (χ1v) is 10.2. The lowest BCUT2D eigenvalue weighted by molar-refractivity contribution is -0.124. The molecule has 0 aliphatic carbocycles. The number of hydrogen-bond donors (Lipinski definition) is 1. The number of hydrogen-bond acceptors (Lipinski definition) is 6. The van der Waals surface area contributed by atoms with E-state index in [1.165, 1.54) is 12.3 Å². The van der Waals surface area contributed by atoms with Crippen LogP contribution in [0.2, 0.25) is 5.02 Å². The van der Waals surface area contributed by atoms with Crippen LogP contribution in [-0.4, -0.2) is 44.6 Å². The van der Waals surface area contributed by atoms with E-state index in [1.54, 1.807) is 35.4 Å². The summed E-state index contributed by atoms with van der Waals surface area (Å²) in [6.07, 6.45) is 3.99. The fourth-order valence-corrected chi connectivity index (χ4v) is 3.97. The normalized spacial score (nSPS) is 15.4. The van der Waals surface area contributed by atoms with Crippen LogP contribution in [0.25, 0.3) is 10.9 Å². The van der Waals surface area contributed by atoms with E-state index in [9.17, 15) is 19.6 Å². The number of aromatic amines is 1. The summed E-state index contributed by atoms with van der Waals surface area (Å²) in [4.78, 5) is 50.5. The minimum absolute atomic E-state index is 0.0149. The Bertz CT molecular complexity index is 1240. The maximum absolute atomic E-state index is 13.1. The Hall–Kier alpha value is -3.57. The summed E-state index contributed by atoms with van der Waals surface area (Å²) in [6, 6.07) is 10.0. The summed E-state index contributed by atoms with van der Waals surface area (Å²) in [5.41, 5.74) is 0.400. The van der Waals surface area contributed by atoms with E-state index < -0.39 is 17.4 Å². The molecule has 0 radical (unpaired) electrons. The predicted octanol–water partition coefficient (Wildman–Crippen LogP) is 2.70. The molecular formula is C22H18ClN5O3. The van der Waals surface area contributed by atoms with Crippen molar-refractivity contribution in [3.63, 3.8) is 0 Å². The molecule has 1 aromatic carbocycles. The molecule has 9 heteroatoms. The van der Waals surface area contributed by atoms with Gasteiger partial charge in [-0.05, 0) is 43.2 Å². The number of nitrogens with zero attached hydrogens (tertiary/aromatic N) is 4. The summed E-state index contributed by atoms with van der Waals surface area (Å²) in [6.45, 7) is 0.805. The van der Waals surface area contributed by atoms with Gasteiger partial charge < -0.3 is 9.88 Å². The molecule has 1 N–H and O–H groups in total. The Morgan fingerprint density at radius 3 is 2.71 bits per heavy atom. The molecule has 1 saturated heterocycles. The Morgan fingerprint density at radius 2 is 2.03 bits per heavy atom. The molecule has 0 saturated carbocycles. The molecule has 1 aliphatic heterocycles. The second kappa shape index (κ2) is 8.66. The zero-order valence-corrected chi connectivity index (χ0v) is 17.2. The third-order valence-electron chi connectivity index (χ3n) is 5.47. The number of amides is 1. The van der Waals surface area contributed by atoms with Gasteiger partial charge in [0.15, 0.2) is 11.7 Å². The fraction of sp³-hybridized carbons (Fsp3) is 0.273. The molecule has 3 heterocycles. The largest absolute Gasteiger partial charge is 0.339 e. The van der Waals surface area contributed by atoms with Gasteiger partial charge in [-0.15, -0.1) is 0 Å². The van der Waals surface area contributed by atoms with E-state index in [-0.39, 0.29) is 17.5 Å². The van der Waals surface area contributed by atoms with Gasteiger partial charge >= 0.3 is 0 Å². The van der Waals surface area contributed by atoms with Crippen LogP contribution in [0.4, 0.5) is 0 Å². The second-order valence-corrected chi connectivity index (χ2v) is 7.82. The number of pyridine rings is 1. The third-order valence-corrected chi connectivity index (χ3v) is 5.70. The van der Waals surface area contributed by atoms with E-state index in [1.807, 2.05) is 6.07 Å². The van der Waals surface area contributed by atoms with Gasteiger partial charge in [-0.1, -0.05) is 11.6 Å². The van der Waals surface area contributed by atoms with E-state index >= 15 is 0 Å². The first kappa shape index (κ1) is 20.7. The molecule has 1 amide bonds. The first-order valence-electron chi connectivity index (χ1n) is 9.80. The number of carbonyl (C=O) groups is 2. The molecular weight excluding hydrogens is 418 g/mol. The molecule has 1 atom stereocenters. The van der Waals surface area contributed by atoms with Gasteiger partial charge in [-0.3, -0.25) is 19.4 Å². The highest BCUT2D eigenvalue weighted by Crippen LogP contribution is 2.26. The Labute approximate surface area is 182 Å². The fourth-order valence-electron chi connectivity index (χ4n) is 3.80. The average molecular weight is 436 g/mol. The van der Waals surface area contributed by atoms with E-state index in [2.05, 4.69) is 15.0 Å². The van der Waals surface area contributed by atoms with E-state index in [0.29, 0.717) is 47.4 Å². The van der Waals surface area contributed by atoms with Gasteiger partial charge in [-0.25, -0.2) is 4.98 Å². The van der Waals surface area contributed by atoms with Crippen LogP contribution >= 0.6 is 11.6 Å². The lowest BCUT2D eigenvalue weighted by atomic mass is 9.85. The standard InChI is InChI=1S/C22H18ClN5O3/c23-15-3-4-16-18(10-15)26-20(27-21(16)30)17(11-24)19(29)13-5-8-28(9-6-13)22(31)14-2-1-7-25-12-14/h1-4,7,10,12-13,17H,5-6,8-9H2,(H,26,27,30). The maximum atomic E-state index is 13.1. The van der Waals surface area contributed by atoms with Crippen molar-refractivity contribution < 1.29 is 9.59 Å². The number of H-pyrrole nitrogens is 1. The number of benzene rings is 1. The molecule has 0 bridgehead atoms. The topological polar surface area (TPSA) is 120 Å². The Kier molecular flexibility index (Phi) is 5.78. The molecule has 0 spiro atoms. The Balaban J connectivity index is 1.50. The van der Waals surface area contributed by atoms with Crippen molar-refractivity contribution in [2.24, 2.45) is 5.92 Å². The summed E-state index contributed by atoms with van der Waals surface area (Å²) in [7, 11) is 0. The number of fused-ring (bicyclic) bond motifs is 1. The highest BCUT2D eigenvalue weighted by molar-refractivity contribution is 6.31. The van der Waals surface area contributed by atoms with Crippen LogP contribution in [0.5, 0.6) is 0 Å². The van der Waals surface area contributed by atoms with Gasteiger partial charge in [0.25, 0.3) is 11.5 Å². The van der Waals surface area contributed by atoms with E-state index in [4.69, 9.17) is 11.6 Å². The van der Waals surface area contributed by atoms with Crippen LogP contribution < -0.4 is 5.56 Å². The smallest absolute Gasteiger partial charge is 0.258 e. The summed E-state index contributed by atoms with van der Waals surface area (Å²) in [5.74, 6) is -2.01. The van der Waals surface area contributed by atoms with Crippen molar-refractivity contribution >= 4 is 34.2 Å². The van der Waals surface area contributed by atoms with E-state index in [0.717, 1.165) is 0 Å². The van der Waals surface area contributed by atoms with Crippen LogP contribution in [0.1, 0.15) is 34.9 Å². The number of carbonyl (C=O) groups excluding carboxylic acids is 2. The predicted molar refractivity (Wildman–Crippen MR) is 114 cm³/mol. The lowest BCUT2D eigenvalue weighted by Crippen LogP contribution is -2.41. The number of nitriles is 1. The molecule has 1 aliphatic rings. The van der Waals surface area contributed by atoms with Crippen molar-refractivity contribution in [2.75, 3.05) is 13.1 Å². The van der Waals surface area contributed by atoms with Crippen LogP contribution in [0.15, 0.2) is 47.5 Å². The zero-order valence-electron chi connectivity index (χ0n) is 16.4. The second-order valence-electron chi connectivity index (χ2n) is 7.39. The van der Waals surface area contributed by atoms with Gasteiger partial charge in [0.05, 0.1) is 22.5 Å². The van der Waals surface area contributed by atoms with Crippen molar-refractivity contribution in [1.82, 2.24) is 19.9 Å². The number of rotatable bonds is 4. The molecule has 1 fully saturated rings. The third kappa shape index (κ3) is 4.18. The lowest BCUT2D eigenvalue weighted by Gasteiger charge is -2.31. The first-order chi connectivity index (χ1) is 15.0. The minimum Gasteiger partial charge on any atom is -0.339 e. The van der Waals surface area contributed by atoms with Crippen molar-refractivity contribution in [1.29, 1.82) is 5.26 Å². The summed E-state index contributed by atoms with van der Waals surface area (Å²) in [5, 5.41) is 10.4. The number of Topliss-reactive ketones (excluding diaryl/α,β-unsaturated/α-hetero) is 1. The quantitative estimate of drug-likeness (QED) is 0.672. The van der Waals surface area contributed by atoms with Gasteiger partial charge in [0.2, 0.25) is 0 Å². The van der Waals surface area contributed by atoms with Gasteiger partial charge in [-0.2, -0.15) is 5.26 Å².